The van der Waals surface area contributed by atoms with E-state index in [0.29, 0.717) is 5.75 Å². The summed E-state index contributed by atoms with van der Waals surface area (Å²) in [5.41, 5.74) is 1.18. The first-order valence-corrected chi connectivity index (χ1v) is 7.18. The van der Waals surface area contributed by atoms with Crippen LogP contribution in [0.5, 0.6) is 5.75 Å². The Kier molecular flexibility index (Phi) is 4.57. The standard InChI is InChI=1S/C12H14ClNO2S/c13-9-12(15)16-11-3-1-10(2-4-11)14-5-7-17-8-6-14/h1-4H,5-9H2. The first-order chi connectivity index (χ1) is 8.29. The second-order valence-corrected chi connectivity index (χ2v) is 5.19. The van der Waals surface area contributed by atoms with Gasteiger partial charge in [-0.2, -0.15) is 11.8 Å². The molecule has 1 aromatic carbocycles. The largest absolute Gasteiger partial charge is 0.426 e. The van der Waals surface area contributed by atoms with Gasteiger partial charge in [0.15, 0.2) is 0 Å². The molecule has 1 heterocycles. The van der Waals surface area contributed by atoms with Crippen LogP contribution in [0.25, 0.3) is 0 Å². The van der Waals surface area contributed by atoms with Crippen LogP contribution in [0.2, 0.25) is 0 Å². The minimum Gasteiger partial charge on any atom is -0.426 e. The number of hydrogen-bond donors (Lipinski definition) is 0. The maximum Gasteiger partial charge on any atom is 0.326 e. The van der Waals surface area contributed by atoms with Crippen LogP contribution in [0.3, 0.4) is 0 Å². The van der Waals surface area contributed by atoms with E-state index in [9.17, 15) is 4.79 Å². The van der Waals surface area contributed by atoms with Gasteiger partial charge >= 0.3 is 5.97 Å². The SMILES string of the molecule is O=C(CCl)Oc1ccc(N2CCSCC2)cc1. The third-order valence-corrected chi connectivity index (χ3v) is 3.71. The third-order valence-electron chi connectivity index (χ3n) is 2.55. The van der Waals surface area contributed by atoms with Crippen molar-refractivity contribution in [1.82, 2.24) is 0 Å². The monoisotopic (exact) mass is 271 g/mol. The fraction of sp³-hybridized carbons (Fsp3) is 0.417. The predicted molar refractivity (Wildman–Crippen MR) is 72.3 cm³/mol. The van der Waals surface area contributed by atoms with Crippen LogP contribution in [-0.2, 0) is 4.79 Å². The number of carbonyl (C=O) groups is 1. The molecule has 1 aromatic rings. The van der Waals surface area contributed by atoms with Crippen molar-refractivity contribution < 1.29 is 9.53 Å². The van der Waals surface area contributed by atoms with Gasteiger partial charge in [-0.1, -0.05) is 0 Å². The lowest BCUT2D eigenvalue weighted by Crippen LogP contribution is -2.32. The lowest BCUT2D eigenvalue weighted by atomic mass is 10.2. The Labute approximate surface area is 110 Å². The fourth-order valence-electron chi connectivity index (χ4n) is 1.71. The fourth-order valence-corrected chi connectivity index (χ4v) is 2.66. The molecule has 0 aliphatic carbocycles. The second-order valence-electron chi connectivity index (χ2n) is 3.70. The number of hydrogen-bond acceptors (Lipinski definition) is 4. The van der Waals surface area contributed by atoms with Crippen LogP contribution < -0.4 is 9.64 Å². The quantitative estimate of drug-likeness (QED) is 0.480. The van der Waals surface area contributed by atoms with Gasteiger partial charge in [0.1, 0.15) is 11.6 Å². The molecule has 1 aliphatic rings. The van der Waals surface area contributed by atoms with Gasteiger partial charge in [-0.25, -0.2) is 0 Å². The molecule has 0 unspecified atom stereocenters. The van der Waals surface area contributed by atoms with Crippen LogP contribution in [0.4, 0.5) is 5.69 Å². The molecule has 1 fully saturated rings. The molecule has 1 saturated heterocycles. The number of anilines is 1. The highest BCUT2D eigenvalue weighted by atomic mass is 35.5. The van der Waals surface area contributed by atoms with E-state index in [0.717, 1.165) is 13.1 Å². The van der Waals surface area contributed by atoms with E-state index >= 15 is 0 Å². The van der Waals surface area contributed by atoms with Crippen molar-refractivity contribution in [2.24, 2.45) is 0 Å². The van der Waals surface area contributed by atoms with Crippen molar-refractivity contribution in [2.75, 3.05) is 35.4 Å². The van der Waals surface area contributed by atoms with Crippen LogP contribution in [0, 0.1) is 0 Å². The van der Waals surface area contributed by atoms with Gasteiger partial charge in [0.25, 0.3) is 0 Å². The van der Waals surface area contributed by atoms with Gasteiger partial charge in [0.2, 0.25) is 0 Å². The molecule has 0 amide bonds. The van der Waals surface area contributed by atoms with Crippen LogP contribution in [0.1, 0.15) is 0 Å². The zero-order valence-corrected chi connectivity index (χ0v) is 11.0. The summed E-state index contributed by atoms with van der Waals surface area (Å²) in [6, 6.07) is 7.57. The normalized spacial score (nSPS) is 15.7. The van der Waals surface area contributed by atoms with E-state index in [4.69, 9.17) is 16.3 Å². The van der Waals surface area contributed by atoms with Gasteiger partial charge in [-0.05, 0) is 24.3 Å². The molecule has 2 rings (SSSR count). The molecule has 0 bridgehead atoms. The highest BCUT2D eigenvalue weighted by Gasteiger charge is 2.11. The average Bonchev–Trinajstić information content (AvgIpc) is 2.40. The molecule has 0 spiro atoms. The van der Waals surface area contributed by atoms with Crippen LogP contribution in [-0.4, -0.2) is 36.4 Å². The summed E-state index contributed by atoms with van der Waals surface area (Å²) in [5, 5.41) is 0. The molecule has 0 saturated carbocycles. The zero-order chi connectivity index (χ0) is 12.1. The van der Waals surface area contributed by atoms with E-state index in [1.807, 2.05) is 36.0 Å². The maximum absolute atomic E-state index is 11.0. The number of halogens is 1. The summed E-state index contributed by atoms with van der Waals surface area (Å²) in [5.74, 6) is 2.34. The summed E-state index contributed by atoms with van der Waals surface area (Å²) in [7, 11) is 0. The number of ether oxygens (including phenoxy) is 1. The lowest BCUT2D eigenvalue weighted by Gasteiger charge is -2.28. The lowest BCUT2D eigenvalue weighted by molar-refractivity contribution is -0.131. The molecule has 5 heteroatoms. The van der Waals surface area contributed by atoms with Gasteiger partial charge in [0, 0.05) is 30.3 Å². The highest BCUT2D eigenvalue weighted by Crippen LogP contribution is 2.22. The van der Waals surface area contributed by atoms with E-state index in [1.165, 1.54) is 17.2 Å². The van der Waals surface area contributed by atoms with E-state index < -0.39 is 5.97 Å². The number of esters is 1. The zero-order valence-electron chi connectivity index (χ0n) is 9.39. The minimum atomic E-state index is -0.422. The molecule has 92 valence electrons. The molecule has 0 atom stereocenters. The number of carbonyl (C=O) groups excluding carboxylic acids is 1. The number of alkyl halides is 1. The summed E-state index contributed by atoms with van der Waals surface area (Å²) in [6.45, 7) is 2.15. The van der Waals surface area contributed by atoms with Gasteiger partial charge in [0.05, 0.1) is 0 Å². The average molecular weight is 272 g/mol. The minimum absolute atomic E-state index is 0.120. The third kappa shape index (κ3) is 3.54. The van der Waals surface area contributed by atoms with E-state index in [1.54, 1.807) is 0 Å². The van der Waals surface area contributed by atoms with Crippen molar-refractivity contribution in [1.29, 1.82) is 0 Å². The highest BCUT2D eigenvalue weighted by molar-refractivity contribution is 7.99. The number of nitrogens with zero attached hydrogens (tertiary/aromatic N) is 1. The van der Waals surface area contributed by atoms with Crippen molar-refractivity contribution in [3.63, 3.8) is 0 Å². The Bertz CT molecular complexity index is 377. The Morgan fingerprint density at radius 1 is 1.29 bits per heavy atom. The maximum atomic E-state index is 11.0. The van der Waals surface area contributed by atoms with Gasteiger partial charge in [-0.15, -0.1) is 11.6 Å². The van der Waals surface area contributed by atoms with Crippen molar-refractivity contribution in [3.8, 4) is 5.75 Å². The summed E-state index contributed by atoms with van der Waals surface area (Å²) in [6.07, 6.45) is 0. The van der Waals surface area contributed by atoms with E-state index in [-0.39, 0.29) is 5.88 Å². The Balaban J connectivity index is 1.99. The van der Waals surface area contributed by atoms with Crippen LogP contribution >= 0.6 is 23.4 Å². The van der Waals surface area contributed by atoms with Gasteiger partial charge < -0.3 is 9.64 Å². The van der Waals surface area contributed by atoms with Crippen molar-refractivity contribution >= 4 is 35.0 Å². The second kappa shape index (κ2) is 6.17. The Morgan fingerprint density at radius 2 is 1.94 bits per heavy atom. The number of rotatable bonds is 3. The van der Waals surface area contributed by atoms with Crippen molar-refractivity contribution in [2.45, 2.75) is 0 Å². The Morgan fingerprint density at radius 3 is 2.53 bits per heavy atom. The molecule has 0 radical (unpaired) electrons. The van der Waals surface area contributed by atoms with Gasteiger partial charge in [-0.3, -0.25) is 4.79 Å². The first-order valence-electron chi connectivity index (χ1n) is 5.49. The number of thioether (sulfide) groups is 1. The van der Waals surface area contributed by atoms with Crippen molar-refractivity contribution in [3.05, 3.63) is 24.3 Å². The molecular weight excluding hydrogens is 258 g/mol. The molecular formula is C12H14ClNO2S. The smallest absolute Gasteiger partial charge is 0.326 e. The Hall–Kier alpha value is -0.870. The summed E-state index contributed by atoms with van der Waals surface area (Å²) < 4.78 is 5.01. The predicted octanol–water partition coefficient (Wildman–Crippen LogP) is 2.38. The first kappa shape index (κ1) is 12.6. The molecule has 3 nitrogen and oxygen atoms in total. The van der Waals surface area contributed by atoms with Crippen LogP contribution in [0.15, 0.2) is 24.3 Å². The van der Waals surface area contributed by atoms with E-state index in [2.05, 4.69) is 4.90 Å². The molecule has 0 N–H and O–H groups in total. The molecule has 17 heavy (non-hydrogen) atoms. The topological polar surface area (TPSA) is 29.5 Å². The summed E-state index contributed by atoms with van der Waals surface area (Å²) >= 11 is 7.35. The molecule has 0 aromatic heterocycles. The number of benzene rings is 1. The molecule has 1 aliphatic heterocycles. The summed E-state index contributed by atoms with van der Waals surface area (Å²) in [4.78, 5) is 13.3.